The molecule has 0 spiro atoms. The summed E-state index contributed by atoms with van der Waals surface area (Å²) in [5, 5.41) is 6.43. The summed E-state index contributed by atoms with van der Waals surface area (Å²) in [7, 11) is -2.10. The molecule has 0 radical (unpaired) electrons. The Labute approximate surface area is 122 Å². The zero-order valence-electron chi connectivity index (χ0n) is 11.5. The average molecular weight is 315 g/mol. The largest absolute Gasteiger partial charge is 0.447 e. The maximum absolute atomic E-state index is 12.0. The molecule has 0 aliphatic rings. The molecule has 0 bridgehead atoms. The molecule has 2 heterocycles. The smallest absolute Gasteiger partial charge is 0.274 e. The fourth-order valence-electron chi connectivity index (χ4n) is 1.55. The van der Waals surface area contributed by atoms with Crippen molar-refractivity contribution in [3.63, 3.8) is 0 Å². The van der Waals surface area contributed by atoms with E-state index in [0.717, 1.165) is 0 Å². The summed E-state index contributed by atoms with van der Waals surface area (Å²) in [6.45, 7) is 1.68. The number of furan rings is 1. The van der Waals surface area contributed by atoms with E-state index in [1.54, 1.807) is 19.2 Å². The molecule has 0 atom stereocenters. The van der Waals surface area contributed by atoms with Gasteiger partial charge in [-0.15, -0.1) is 0 Å². The Bertz CT molecular complexity index is 636. The number of sulfonamides is 1. The molecule has 0 unspecified atom stereocenters. The topological polar surface area (TPSA) is 107 Å². The third-order valence-corrected chi connectivity index (χ3v) is 3.89. The van der Waals surface area contributed by atoms with Crippen LogP contribution >= 0.6 is 0 Å². The number of hydrogen-bond donors (Lipinski definition) is 2. The molecule has 21 heavy (non-hydrogen) atoms. The lowest BCUT2D eigenvalue weighted by atomic mass is 10.4. The second kappa shape index (κ2) is 7.36. The van der Waals surface area contributed by atoms with E-state index >= 15 is 0 Å². The lowest BCUT2D eigenvalue weighted by molar-refractivity contribution is 0.198. The van der Waals surface area contributed by atoms with Gasteiger partial charge in [0, 0.05) is 19.7 Å². The van der Waals surface area contributed by atoms with E-state index in [4.69, 9.17) is 13.7 Å². The fourth-order valence-corrected chi connectivity index (χ4v) is 2.49. The van der Waals surface area contributed by atoms with Gasteiger partial charge in [0.15, 0.2) is 5.76 Å². The molecule has 0 aromatic carbocycles. The lowest BCUT2D eigenvalue weighted by Crippen LogP contribution is -2.22. The number of rotatable bonds is 9. The molecule has 0 aliphatic carbocycles. The van der Waals surface area contributed by atoms with Crippen LogP contribution in [0.25, 0.3) is 0 Å². The van der Waals surface area contributed by atoms with Crippen LogP contribution in [0, 0.1) is 0 Å². The Kier molecular flexibility index (Phi) is 5.51. The third-order valence-electron chi connectivity index (χ3n) is 2.61. The van der Waals surface area contributed by atoms with Crippen molar-refractivity contribution in [3.8, 4) is 0 Å². The summed E-state index contributed by atoms with van der Waals surface area (Å²) in [5.41, 5.74) is 0. The van der Waals surface area contributed by atoms with E-state index in [2.05, 4.69) is 15.2 Å². The van der Waals surface area contributed by atoms with E-state index in [1.165, 1.54) is 12.3 Å². The van der Waals surface area contributed by atoms with E-state index in [9.17, 15) is 8.42 Å². The lowest BCUT2D eigenvalue weighted by Gasteiger charge is -2.02. The van der Waals surface area contributed by atoms with Crippen molar-refractivity contribution in [3.05, 3.63) is 35.9 Å². The zero-order valence-corrected chi connectivity index (χ0v) is 12.4. The highest BCUT2D eigenvalue weighted by Crippen LogP contribution is 2.14. The highest BCUT2D eigenvalue weighted by atomic mass is 32.2. The Hall–Kier alpha value is -1.68. The number of nitrogens with one attached hydrogen (secondary N) is 2. The molecule has 2 aromatic heterocycles. The van der Waals surface area contributed by atoms with Crippen LogP contribution in [0.2, 0.25) is 0 Å². The maximum atomic E-state index is 12.0. The highest BCUT2D eigenvalue weighted by molar-refractivity contribution is 7.89. The van der Waals surface area contributed by atoms with Crippen molar-refractivity contribution in [2.75, 3.05) is 20.3 Å². The molecule has 0 aliphatic heterocycles. The Morgan fingerprint density at radius 2 is 2.10 bits per heavy atom. The Morgan fingerprint density at radius 3 is 2.81 bits per heavy atom. The molecule has 2 N–H and O–H groups in total. The molecule has 8 nitrogen and oxygen atoms in total. The quantitative estimate of drug-likeness (QED) is 0.648. The fraction of sp³-hybridized carbons (Fsp3) is 0.417. The van der Waals surface area contributed by atoms with Crippen LogP contribution < -0.4 is 10.0 Å². The summed E-state index contributed by atoms with van der Waals surface area (Å²) in [6, 6.07) is 4.61. The molecular weight excluding hydrogens is 298 g/mol. The van der Waals surface area contributed by atoms with Crippen LogP contribution in [-0.2, 0) is 27.8 Å². The van der Waals surface area contributed by atoms with Gasteiger partial charge in [0.1, 0.15) is 5.76 Å². The minimum atomic E-state index is -3.71. The van der Waals surface area contributed by atoms with Crippen molar-refractivity contribution in [2.24, 2.45) is 0 Å². The molecule has 2 aromatic rings. The number of nitrogens with zero attached hydrogens (tertiary/aromatic N) is 1. The SMILES string of the molecule is COCCNCc1ccc(S(=O)(=O)NCc2ccno2)o1. The normalized spacial score (nSPS) is 11.9. The van der Waals surface area contributed by atoms with Crippen molar-refractivity contribution >= 4 is 10.0 Å². The van der Waals surface area contributed by atoms with Crippen LogP contribution in [0.3, 0.4) is 0 Å². The second-order valence-corrected chi connectivity index (χ2v) is 5.89. The molecular formula is C12H17N3O5S. The molecule has 0 saturated carbocycles. The van der Waals surface area contributed by atoms with Crippen LogP contribution in [0.15, 0.2) is 38.4 Å². The standard InChI is InChI=1S/C12H17N3O5S/c1-18-7-6-13-8-10-2-3-12(19-10)21(16,17)15-9-11-4-5-14-20-11/h2-5,13,15H,6-9H2,1H3. The third kappa shape index (κ3) is 4.67. The molecule has 116 valence electrons. The summed E-state index contributed by atoms with van der Waals surface area (Å²) < 4.78 is 41.4. The molecule has 0 amide bonds. The zero-order chi connectivity index (χ0) is 15.1. The first kappa shape index (κ1) is 15.7. The highest BCUT2D eigenvalue weighted by Gasteiger charge is 2.19. The summed E-state index contributed by atoms with van der Waals surface area (Å²) in [6.07, 6.45) is 1.44. The van der Waals surface area contributed by atoms with Gasteiger partial charge in [0.05, 0.1) is 25.9 Å². The van der Waals surface area contributed by atoms with Gasteiger partial charge < -0.3 is 19.0 Å². The predicted octanol–water partition coefficient (Wildman–Crippen LogP) is 0.482. The van der Waals surface area contributed by atoms with Crippen molar-refractivity contribution in [1.29, 1.82) is 0 Å². The second-order valence-electron chi connectivity index (χ2n) is 4.19. The van der Waals surface area contributed by atoms with Gasteiger partial charge in [0.25, 0.3) is 10.0 Å². The first-order valence-electron chi connectivity index (χ1n) is 6.29. The Morgan fingerprint density at radius 1 is 1.24 bits per heavy atom. The predicted molar refractivity (Wildman–Crippen MR) is 72.8 cm³/mol. The number of aromatic nitrogens is 1. The monoisotopic (exact) mass is 315 g/mol. The van der Waals surface area contributed by atoms with Crippen LogP contribution in [0.1, 0.15) is 11.5 Å². The number of hydrogen-bond acceptors (Lipinski definition) is 7. The summed E-state index contributed by atoms with van der Waals surface area (Å²) in [5.74, 6) is 0.956. The van der Waals surface area contributed by atoms with Gasteiger partial charge in [0.2, 0.25) is 5.09 Å². The minimum absolute atomic E-state index is 0.0183. The van der Waals surface area contributed by atoms with E-state index in [-0.39, 0.29) is 11.6 Å². The molecule has 0 fully saturated rings. The molecule has 0 saturated heterocycles. The average Bonchev–Trinajstić information content (AvgIpc) is 3.13. The summed E-state index contributed by atoms with van der Waals surface area (Å²) >= 11 is 0. The first-order chi connectivity index (χ1) is 10.1. The van der Waals surface area contributed by atoms with E-state index in [0.29, 0.717) is 31.2 Å². The Balaban J connectivity index is 1.89. The van der Waals surface area contributed by atoms with Gasteiger partial charge in [-0.3, -0.25) is 0 Å². The van der Waals surface area contributed by atoms with Crippen LogP contribution in [-0.4, -0.2) is 33.8 Å². The van der Waals surface area contributed by atoms with Gasteiger partial charge in [-0.1, -0.05) is 5.16 Å². The minimum Gasteiger partial charge on any atom is -0.447 e. The number of methoxy groups -OCH3 is 1. The van der Waals surface area contributed by atoms with Crippen molar-refractivity contribution < 1.29 is 22.1 Å². The van der Waals surface area contributed by atoms with Crippen LogP contribution in [0.5, 0.6) is 0 Å². The summed E-state index contributed by atoms with van der Waals surface area (Å²) in [4.78, 5) is 0. The first-order valence-corrected chi connectivity index (χ1v) is 7.78. The van der Waals surface area contributed by atoms with Gasteiger partial charge in [-0.05, 0) is 12.1 Å². The van der Waals surface area contributed by atoms with Gasteiger partial charge >= 0.3 is 0 Å². The van der Waals surface area contributed by atoms with Crippen molar-refractivity contribution in [2.45, 2.75) is 18.2 Å². The van der Waals surface area contributed by atoms with Crippen molar-refractivity contribution in [1.82, 2.24) is 15.2 Å². The van der Waals surface area contributed by atoms with Gasteiger partial charge in [-0.25, -0.2) is 13.1 Å². The van der Waals surface area contributed by atoms with Gasteiger partial charge in [-0.2, -0.15) is 0 Å². The van der Waals surface area contributed by atoms with Crippen LogP contribution in [0.4, 0.5) is 0 Å². The maximum Gasteiger partial charge on any atom is 0.274 e. The molecule has 2 rings (SSSR count). The number of ether oxygens (including phenoxy) is 1. The van der Waals surface area contributed by atoms with E-state index in [1.807, 2.05) is 0 Å². The molecule has 9 heteroatoms. The van der Waals surface area contributed by atoms with E-state index < -0.39 is 10.0 Å².